The molecule has 0 unspecified atom stereocenters. The Bertz CT molecular complexity index is 988. The van der Waals surface area contributed by atoms with Crippen LogP contribution in [0.3, 0.4) is 0 Å². The molecule has 6 nitrogen and oxygen atoms in total. The summed E-state index contributed by atoms with van der Waals surface area (Å²) in [5.41, 5.74) is 6.28. The number of carbonyl (C=O) groups is 1. The predicted octanol–water partition coefficient (Wildman–Crippen LogP) is 1.75. The highest BCUT2D eigenvalue weighted by molar-refractivity contribution is 5.96. The quantitative estimate of drug-likeness (QED) is 0.867. The number of rotatable bonds is 5. The van der Waals surface area contributed by atoms with Gasteiger partial charge >= 0.3 is 0 Å². The Labute approximate surface area is 154 Å². The number of amides is 1. The van der Waals surface area contributed by atoms with E-state index in [1.165, 1.54) is 27.6 Å². The zero-order chi connectivity index (χ0) is 19.1. The standard InChI is InChI=1S/C19H20F2N4O2/c20-9-12(10-22)11-24-19(27)17-16(6-7-23(18(17)26)14-4-5-14)25(24)15-3-1-2-13(21)8-15/h1-3,8-9,14H,4-7,10-11,22H2/b12-9+. The van der Waals surface area contributed by atoms with E-state index in [4.69, 9.17) is 5.73 Å². The third-order valence-electron chi connectivity index (χ3n) is 5.11. The van der Waals surface area contributed by atoms with Gasteiger partial charge in [0.2, 0.25) is 0 Å². The Kier molecular flexibility index (Phi) is 4.43. The van der Waals surface area contributed by atoms with Crippen LogP contribution in [0.5, 0.6) is 0 Å². The fourth-order valence-corrected chi connectivity index (χ4v) is 3.63. The van der Waals surface area contributed by atoms with Gasteiger partial charge in [-0.2, -0.15) is 0 Å². The van der Waals surface area contributed by atoms with Crippen LogP contribution in [0.25, 0.3) is 5.69 Å². The van der Waals surface area contributed by atoms with E-state index < -0.39 is 11.4 Å². The highest BCUT2D eigenvalue weighted by Gasteiger charge is 2.40. The second-order valence-electron chi connectivity index (χ2n) is 6.93. The number of carbonyl (C=O) groups excluding carboxylic acids is 1. The molecule has 0 bridgehead atoms. The van der Waals surface area contributed by atoms with Gasteiger partial charge in [-0.1, -0.05) is 6.07 Å². The maximum atomic E-state index is 13.8. The summed E-state index contributed by atoms with van der Waals surface area (Å²) in [6, 6.07) is 5.96. The topological polar surface area (TPSA) is 73.3 Å². The van der Waals surface area contributed by atoms with Crippen LogP contribution in [0.15, 0.2) is 41.0 Å². The van der Waals surface area contributed by atoms with Crippen molar-refractivity contribution in [2.45, 2.75) is 31.8 Å². The van der Waals surface area contributed by atoms with E-state index in [0.29, 0.717) is 30.7 Å². The summed E-state index contributed by atoms with van der Waals surface area (Å²) < 4.78 is 29.7. The minimum Gasteiger partial charge on any atom is -0.335 e. The SMILES string of the molecule is NC/C(=C\F)Cn1c(=O)c2c(n1-c1cccc(F)c1)CCN(C1CC1)C2=O. The first-order chi connectivity index (χ1) is 13.0. The Balaban J connectivity index is 1.91. The van der Waals surface area contributed by atoms with Crippen molar-refractivity contribution in [1.29, 1.82) is 0 Å². The highest BCUT2D eigenvalue weighted by Crippen LogP contribution is 2.31. The van der Waals surface area contributed by atoms with Crippen molar-refractivity contribution < 1.29 is 13.6 Å². The van der Waals surface area contributed by atoms with Crippen molar-refractivity contribution >= 4 is 5.91 Å². The molecule has 2 aromatic rings. The van der Waals surface area contributed by atoms with E-state index in [9.17, 15) is 18.4 Å². The molecule has 27 heavy (non-hydrogen) atoms. The first-order valence-electron chi connectivity index (χ1n) is 8.95. The van der Waals surface area contributed by atoms with Crippen molar-refractivity contribution in [3.63, 3.8) is 0 Å². The lowest BCUT2D eigenvalue weighted by molar-refractivity contribution is 0.0724. The number of benzene rings is 1. The maximum absolute atomic E-state index is 13.8. The van der Waals surface area contributed by atoms with Gasteiger partial charge in [-0.05, 0) is 36.6 Å². The summed E-state index contributed by atoms with van der Waals surface area (Å²) in [5, 5.41) is 0. The molecule has 0 atom stereocenters. The summed E-state index contributed by atoms with van der Waals surface area (Å²) in [6.07, 6.45) is 2.74. The normalized spacial score (nSPS) is 17.4. The van der Waals surface area contributed by atoms with Crippen molar-refractivity contribution in [3.8, 4) is 5.69 Å². The number of nitrogens with zero attached hydrogens (tertiary/aromatic N) is 3. The molecular weight excluding hydrogens is 354 g/mol. The van der Waals surface area contributed by atoms with E-state index >= 15 is 0 Å². The van der Waals surface area contributed by atoms with Gasteiger partial charge in [0.25, 0.3) is 11.5 Å². The molecule has 1 amide bonds. The molecule has 142 valence electrons. The molecule has 1 aromatic carbocycles. The summed E-state index contributed by atoms with van der Waals surface area (Å²) in [6.45, 7) is 0.341. The van der Waals surface area contributed by atoms with Gasteiger partial charge < -0.3 is 10.6 Å². The number of aromatic nitrogens is 2. The molecule has 8 heteroatoms. The van der Waals surface area contributed by atoms with Crippen molar-refractivity contribution in [2.24, 2.45) is 5.73 Å². The minimum atomic E-state index is -0.502. The third-order valence-corrected chi connectivity index (χ3v) is 5.11. The number of fused-ring (bicyclic) bond motifs is 1. The minimum absolute atomic E-state index is 0.0654. The molecule has 1 saturated carbocycles. The van der Waals surface area contributed by atoms with Crippen LogP contribution in [0, 0.1) is 5.82 Å². The molecular formula is C19H20F2N4O2. The molecule has 0 saturated heterocycles. The number of nitrogens with two attached hydrogens (primary N) is 1. The second-order valence-corrected chi connectivity index (χ2v) is 6.93. The van der Waals surface area contributed by atoms with Gasteiger partial charge in [0, 0.05) is 25.6 Å². The largest absolute Gasteiger partial charge is 0.335 e. The zero-order valence-corrected chi connectivity index (χ0v) is 14.7. The average Bonchev–Trinajstić information content (AvgIpc) is 3.45. The summed E-state index contributed by atoms with van der Waals surface area (Å²) in [5.74, 6) is -0.762. The van der Waals surface area contributed by atoms with E-state index in [-0.39, 0.29) is 36.2 Å². The Morgan fingerprint density at radius 2 is 2.07 bits per heavy atom. The third kappa shape index (κ3) is 2.99. The van der Waals surface area contributed by atoms with Gasteiger partial charge in [0.15, 0.2) is 0 Å². The van der Waals surface area contributed by atoms with Crippen LogP contribution in [0.4, 0.5) is 8.78 Å². The van der Waals surface area contributed by atoms with Crippen LogP contribution in [0.1, 0.15) is 28.9 Å². The number of hydrogen-bond donors (Lipinski definition) is 1. The van der Waals surface area contributed by atoms with Crippen molar-refractivity contribution in [3.05, 3.63) is 63.6 Å². The fraction of sp³-hybridized carbons (Fsp3) is 0.368. The molecule has 4 rings (SSSR count). The number of halogens is 2. The maximum Gasteiger partial charge on any atom is 0.280 e. The molecule has 2 N–H and O–H groups in total. The van der Waals surface area contributed by atoms with Gasteiger partial charge in [-0.15, -0.1) is 0 Å². The van der Waals surface area contributed by atoms with Crippen LogP contribution in [0.2, 0.25) is 0 Å². The fourth-order valence-electron chi connectivity index (χ4n) is 3.63. The Hall–Kier alpha value is -2.74. The van der Waals surface area contributed by atoms with Crippen LogP contribution >= 0.6 is 0 Å². The molecule has 2 heterocycles. The molecule has 0 radical (unpaired) electrons. The van der Waals surface area contributed by atoms with Crippen molar-refractivity contribution in [2.75, 3.05) is 13.1 Å². The molecule has 2 aliphatic rings. The lowest BCUT2D eigenvalue weighted by atomic mass is 10.1. The van der Waals surface area contributed by atoms with Gasteiger partial charge in [0.05, 0.1) is 24.3 Å². The molecule has 0 spiro atoms. The Morgan fingerprint density at radius 3 is 2.70 bits per heavy atom. The highest BCUT2D eigenvalue weighted by atomic mass is 19.1. The molecule has 1 aromatic heterocycles. The predicted molar refractivity (Wildman–Crippen MR) is 96.0 cm³/mol. The molecule has 1 aliphatic heterocycles. The second kappa shape index (κ2) is 6.77. The van der Waals surface area contributed by atoms with Gasteiger partial charge in [-0.25, -0.2) is 13.5 Å². The van der Waals surface area contributed by atoms with E-state index in [0.717, 1.165) is 12.8 Å². The van der Waals surface area contributed by atoms with Gasteiger partial charge in [-0.3, -0.25) is 14.3 Å². The Morgan fingerprint density at radius 1 is 1.30 bits per heavy atom. The van der Waals surface area contributed by atoms with Gasteiger partial charge in [0.1, 0.15) is 11.4 Å². The lowest BCUT2D eigenvalue weighted by Gasteiger charge is -2.27. The zero-order valence-electron chi connectivity index (χ0n) is 14.7. The van der Waals surface area contributed by atoms with Crippen molar-refractivity contribution in [1.82, 2.24) is 14.3 Å². The summed E-state index contributed by atoms with van der Waals surface area (Å²) in [4.78, 5) is 27.7. The first kappa shape index (κ1) is 17.7. The van der Waals surface area contributed by atoms with E-state index in [1.807, 2.05) is 0 Å². The average molecular weight is 374 g/mol. The van der Waals surface area contributed by atoms with E-state index in [2.05, 4.69) is 0 Å². The van der Waals surface area contributed by atoms with Crippen LogP contribution < -0.4 is 11.3 Å². The number of hydrogen-bond acceptors (Lipinski definition) is 3. The summed E-state index contributed by atoms with van der Waals surface area (Å²) >= 11 is 0. The van der Waals surface area contributed by atoms with E-state index in [1.54, 1.807) is 11.0 Å². The summed E-state index contributed by atoms with van der Waals surface area (Å²) in [7, 11) is 0. The smallest absolute Gasteiger partial charge is 0.280 e. The lowest BCUT2D eigenvalue weighted by Crippen LogP contribution is -2.41. The van der Waals surface area contributed by atoms with Crippen LogP contribution in [-0.2, 0) is 13.0 Å². The first-order valence-corrected chi connectivity index (χ1v) is 8.95. The molecule has 1 aliphatic carbocycles. The molecule has 1 fully saturated rings. The monoisotopic (exact) mass is 374 g/mol. The van der Waals surface area contributed by atoms with Crippen LogP contribution in [-0.4, -0.2) is 39.3 Å².